The summed E-state index contributed by atoms with van der Waals surface area (Å²) in [4.78, 5) is 15.9. The SMILES string of the molecule is Cc1ccc(F)c(NC(=O)c2cccc(NN)n2)c1. The smallest absolute Gasteiger partial charge is 0.274 e. The summed E-state index contributed by atoms with van der Waals surface area (Å²) in [5, 5.41) is 2.47. The molecule has 98 valence electrons. The Bertz CT molecular complexity index is 615. The maximum Gasteiger partial charge on any atom is 0.274 e. The number of hydrogen-bond acceptors (Lipinski definition) is 4. The van der Waals surface area contributed by atoms with Crippen LogP contribution in [-0.2, 0) is 0 Å². The molecule has 0 atom stereocenters. The predicted molar refractivity (Wildman–Crippen MR) is 71.1 cm³/mol. The number of nitrogens with zero attached hydrogens (tertiary/aromatic N) is 1. The minimum Gasteiger partial charge on any atom is -0.318 e. The molecule has 0 aliphatic heterocycles. The fourth-order valence-corrected chi connectivity index (χ4v) is 1.56. The van der Waals surface area contributed by atoms with Crippen LogP contribution in [0.4, 0.5) is 15.9 Å². The number of nitrogens with one attached hydrogen (secondary N) is 2. The molecule has 0 saturated carbocycles. The van der Waals surface area contributed by atoms with Crippen LogP contribution in [0.1, 0.15) is 16.1 Å². The zero-order valence-electron chi connectivity index (χ0n) is 10.3. The van der Waals surface area contributed by atoms with Crippen LogP contribution in [0.3, 0.4) is 0 Å². The highest BCUT2D eigenvalue weighted by atomic mass is 19.1. The number of benzene rings is 1. The van der Waals surface area contributed by atoms with Crippen LogP contribution in [-0.4, -0.2) is 10.9 Å². The van der Waals surface area contributed by atoms with Gasteiger partial charge in [-0.15, -0.1) is 0 Å². The number of hydrazine groups is 1. The fraction of sp³-hybridized carbons (Fsp3) is 0.0769. The normalized spacial score (nSPS) is 10.1. The molecule has 0 fully saturated rings. The van der Waals surface area contributed by atoms with E-state index in [9.17, 15) is 9.18 Å². The number of amides is 1. The van der Waals surface area contributed by atoms with Gasteiger partial charge < -0.3 is 10.7 Å². The summed E-state index contributed by atoms with van der Waals surface area (Å²) in [5.74, 6) is 4.58. The zero-order valence-corrected chi connectivity index (χ0v) is 10.3. The summed E-state index contributed by atoms with van der Waals surface area (Å²) in [6.07, 6.45) is 0. The van der Waals surface area contributed by atoms with Crippen molar-refractivity contribution in [3.8, 4) is 0 Å². The highest BCUT2D eigenvalue weighted by Crippen LogP contribution is 2.16. The fourth-order valence-electron chi connectivity index (χ4n) is 1.56. The Hall–Kier alpha value is -2.47. The first-order chi connectivity index (χ1) is 9.10. The first kappa shape index (κ1) is 13.0. The minimum absolute atomic E-state index is 0.123. The molecule has 2 aromatic rings. The molecular formula is C13H13FN4O. The number of nitrogen functional groups attached to an aromatic ring is 1. The lowest BCUT2D eigenvalue weighted by Gasteiger charge is -2.07. The van der Waals surface area contributed by atoms with Crippen molar-refractivity contribution in [1.29, 1.82) is 0 Å². The second-order valence-electron chi connectivity index (χ2n) is 3.99. The van der Waals surface area contributed by atoms with Crippen molar-refractivity contribution in [2.75, 3.05) is 10.7 Å². The molecule has 0 unspecified atom stereocenters. The standard InChI is InChI=1S/C13H13FN4O/c1-8-5-6-9(14)11(7-8)17-13(19)10-3-2-4-12(16-10)18-15/h2-7H,15H2,1H3,(H,16,18)(H,17,19). The first-order valence-electron chi connectivity index (χ1n) is 5.61. The monoisotopic (exact) mass is 260 g/mol. The van der Waals surface area contributed by atoms with E-state index in [1.54, 1.807) is 24.3 Å². The highest BCUT2D eigenvalue weighted by molar-refractivity contribution is 6.03. The molecular weight excluding hydrogens is 247 g/mol. The quantitative estimate of drug-likeness (QED) is 0.583. The van der Waals surface area contributed by atoms with Gasteiger partial charge in [0, 0.05) is 0 Å². The van der Waals surface area contributed by atoms with E-state index in [0.29, 0.717) is 5.82 Å². The molecule has 0 aliphatic rings. The number of nitrogens with two attached hydrogens (primary N) is 1. The number of aromatic nitrogens is 1. The summed E-state index contributed by atoms with van der Waals surface area (Å²) < 4.78 is 13.5. The second-order valence-corrected chi connectivity index (χ2v) is 3.99. The average Bonchev–Trinajstić information content (AvgIpc) is 2.43. The molecule has 0 radical (unpaired) electrons. The van der Waals surface area contributed by atoms with Crippen LogP contribution in [0, 0.1) is 12.7 Å². The van der Waals surface area contributed by atoms with E-state index in [1.165, 1.54) is 12.1 Å². The minimum atomic E-state index is -0.499. The van der Waals surface area contributed by atoms with Gasteiger partial charge in [0.15, 0.2) is 0 Å². The molecule has 1 aromatic carbocycles. The Kier molecular flexibility index (Phi) is 3.72. The third-order valence-electron chi connectivity index (χ3n) is 2.50. The Labute approximate surface area is 109 Å². The number of anilines is 2. The van der Waals surface area contributed by atoms with Gasteiger partial charge in [-0.2, -0.15) is 0 Å². The Morgan fingerprint density at radius 3 is 2.84 bits per heavy atom. The van der Waals surface area contributed by atoms with Crippen molar-refractivity contribution in [3.05, 3.63) is 53.5 Å². The van der Waals surface area contributed by atoms with E-state index in [0.717, 1.165) is 5.56 Å². The van der Waals surface area contributed by atoms with Gasteiger partial charge >= 0.3 is 0 Å². The molecule has 0 aliphatic carbocycles. The van der Waals surface area contributed by atoms with Crippen molar-refractivity contribution >= 4 is 17.4 Å². The van der Waals surface area contributed by atoms with Crippen molar-refractivity contribution in [3.63, 3.8) is 0 Å². The lowest BCUT2D eigenvalue weighted by Crippen LogP contribution is -2.16. The molecule has 0 saturated heterocycles. The zero-order chi connectivity index (χ0) is 13.8. The molecule has 6 heteroatoms. The predicted octanol–water partition coefficient (Wildman–Crippen LogP) is 2.07. The number of aryl methyl sites for hydroxylation is 1. The largest absolute Gasteiger partial charge is 0.318 e. The van der Waals surface area contributed by atoms with E-state index in [4.69, 9.17) is 5.84 Å². The van der Waals surface area contributed by atoms with Crippen LogP contribution < -0.4 is 16.6 Å². The summed E-state index contributed by atoms with van der Waals surface area (Å²) in [5.41, 5.74) is 3.46. The highest BCUT2D eigenvalue weighted by Gasteiger charge is 2.11. The number of rotatable bonds is 3. The van der Waals surface area contributed by atoms with Gasteiger partial charge in [-0.1, -0.05) is 12.1 Å². The number of hydrogen-bond donors (Lipinski definition) is 3. The van der Waals surface area contributed by atoms with Crippen molar-refractivity contribution in [2.24, 2.45) is 5.84 Å². The summed E-state index contributed by atoms with van der Waals surface area (Å²) >= 11 is 0. The van der Waals surface area contributed by atoms with E-state index in [1.807, 2.05) is 6.92 Å². The van der Waals surface area contributed by atoms with E-state index in [-0.39, 0.29) is 11.4 Å². The molecule has 0 spiro atoms. The lowest BCUT2D eigenvalue weighted by molar-refractivity contribution is 0.102. The van der Waals surface area contributed by atoms with Crippen molar-refractivity contribution < 1.29 is 9.18 Å². The van der Waals surface area contributed by atoms with Gasteiger partial charge in [-0.05, 0) is 36.8 Å². The van der Waals surface area contributed by atoms with Gasteiger partial charge in [0.2, 0.25) is 0 Å². The van der Waals surface area contributed by atoms with Gasteiger partial charge in [0.1, 0.15) is 17.3 Å². The summed E-state index contributed by atoms with van der Waals surface area (Å²) in [6.45, 7) is 1.81. The number of carbonyl (C=O) groups excluding carboxylic acids is 1. The maximum absolute atomic E-state index is 13.5. The van der Waals surface area contributed by atoms with Crippen LogP contribution >= 0.6 is 0 Å². The molecule has 1 amide bonds. The van der Waals surface area contributed by atoms with Crippen LogP contribution in [0.5, 0.6) is 0 Å². The Morgan fingerprint density at radius 1 is 1.32 bits per heavy atom. The number of halogens is 1. The molecule has 5 nitrogen and oxygen atoms in total. The molecule has 1 heterocycles. The van der Waals surface area contributed by atoms with Gasteiger partial charge in [0.05, 0.1) is 5.69 Å². The first-order valence-corrected chi connectivity index (χ1v) is 5.61. The van der Waals surface area contributed by atoms with Gasteiger partial charge in [-0.3, -0.25) is 4.79 Å². The third-order valence-corrected chi connectivity index (χ3v) is 2.50. The van der Waals surface area contributed by atoms with Crippen LogP contribution in [0.15, 0.2) is 36.4 Å². The molecule has 0 bridgehead atoms. The van der Waals surface area contributed by atoms with Crippen molar-refractivity contribution in [1.82, 2.24) is 4.98 Å². The van der Waals surface area contributed by atoms with E-state index in [2.05, 4.69) is 15.7 Å². The lowest BCUT2D eigenvalue weighted by atomic mass is 10.2. The van der Waals surface area contributed by atoms with Gasteiger partial charge in [0.25, 0.3) is 5.91 Å². The molecule has 2 rings (SSSR count). The van der Waals surface area contributed by atoms with Crippen molar-refractivity contribution in [2.45, 2.75) is 6.92 Å². The molecule has 4 N–H and O–H groups in total. The number of pyridine rings is 1. The van der Waals surface area contributed by atoms with Gasteiger partial charge in [-0.25, -0.2) is 15.2 Å². The topological polar surface area (TPSA) is 80.0 Å². The average molecular weight is 260 g/mol. The summed E-state index contributed by atoms with van der Waals surface area (Å²) in [6, 6.07) is 9.24. The Morgan fingerprint density at radius 2 is 2.11 bits per heavy atom. The maximum atomic E-state index is 13.5. The van der Waals surface area contributed by atoms with E-state index >= 15 is 0 Å². The second kappa shape index (κ2) is 5.45. The Balaban J connectivity index is 2.22. The van der Waals surface area contributed by atoms with Crippen LogP contribution in [0.25, 0.3) is 0 Å². The number of carbonyl (C=O) groups is 1. The van der Waals surface area contributed by atoms with Crippen LogP contribution in [0.2, 0.25) is 0 Å². The molecule has 19 heavy (non-hydrogen) atoms. The molecule has 1 aromatic heterocycles. The summed E-state index contributed by atoms with van der Waals surface area (Å²) in [7, 11) is 0. The van der Waals surface area contributed by atoms with E-state index < -0.39 is 11.7 Å². The third kappa shape index (κ3) is 3.05.